The van der Waals surface area contributed by atoms with E-state index in [9.17, 15) is 0 Å². The number of nitriles is 1. The van der Waals surface area contributed by atoms with Crippen molar-refractivity contribution in [3.8, 4) is 6.07 Å². The lowest BCUT2D eigenvalue weighted by Gasteiger charge is -2.01. The fourth-order valence-corrected chi connectivity index (χ4v) is 2.60. The van der Waals surface area contributed by atoms with E-state index in [1.54, 1.807) is 0 Å². The second kappa shape index (κ2) is 3.62. The number of thiophene rings is 1. The molecule has 0 aliphatic rings. The van der Waals surface area contributed by atoms with Gasteiger partial charge in [0, 0.05) is 15.0 Å². The van der Waals surface area contributed by atoms with Gasteiger partial charge in [-0.1, -0.05) is 6.07 Å². The number of hydrogen-bond donors (Lipinski definition) is 2. The number of thiol groups is 1. The number of aliphatic hydroxyl groups excluding tert-OH is 1. The first kappa shape index (κ1) is 9.53. The van der Waals surface area contributed by atoms with Crippen molar-refractivity contribution >= 4 is 34.1 Å². The molecule has 0 saturated carbocycles. The minimum Gasteiger partial charge on any atom is -0.392 e. The number of rotatable bonds is 1. The zero-order valence-electron chi connectivity index (χ0n) is 7.19. The van der Waals surface area contributed by atoms with Gasteiger partial charge in [0.1, 0.15) is 10.9 Å². The standard InChI is InChI=1S/C10H7NOS2/c11-4-7-3-8-9(14-7)2-1-6(5-12)10(8)13/h1-3,12-13H,5H2. The molecule has 70 valence electrons. The summed E-state index contributed by atoms with van der Waals surface area (Å²) >= 11 is 5.77. The van der Waals surface area contributed by atoms with Crippen molar-refractivity contribution in [3.05, 3.63) is 28.6 Å². The summed E-state index contributed by atoms with van der Waals surface area (Å²) in [4.78, 5) is 1.44. The number of benzene rings is 1. The first-order valence-electron chi connectivity index (χ1n) is 4.01. The molecule has 0 fully saturated rings. The summed E-state index contributed by atoms with van der Waals surface area (Å²) in [7, 11) is 0. The van der Waals surface area contributed by atoms with Gasteiger partial charge < -0.3 is 5.11 Å². The fourth-order valence-electron chi connectivity index (χ4n) is 1.32. The molecule has 1 N–H and O–H groups in total. The normalized spacial score (nSPS) is 10.4. The van der Waals surface area contributed by atoms with Crippen LogP contribution in [-0.4, -0.2) is 5.11 Å². The molecule has 0 spiro atoms. The van der Waals surface area contributed by atoms with Gasteiger partial charge in [0.2, 0.25) is 0 Å². The number of nitrogens with zero attached hydrogens (tertiary/aromatic N) is 1. The molecular weight excluding hydrogens is 214 g/mol. The van der Waals surface area contributed by atoms with E-state index in [1.807, 2.05) is 18.2 Å². The third-order valence-corrected chi connectivity index (χ3v) is 3.57. The maximum atomic E-state index is 9.03. The van der Waals surface area contributed by atoms with E-state index in [4.69, 9.17) is 10.4 Å². The molecule has 2 rings (SSSR count). The summed E-state index contributed by atoms with van der Waals surface area (Å²) in [5.74, 6) is 0. The highest BCUT2D eigenvalue weighted by molar-refractivity contribution is 7.80. The van der Waals surface area contributed by atoms with E-state index >= 15 is 0 Å². The first-order valence-corrected chi connectivity index (χ1v) is 5.28. The van der Waals surface area contributed by atoms with E-state index in [-0.39, 0.29) is 6.61 Å². The Balaban J connectivity index is 2.76. The lowest BCUT2D eigenvalue weighted by atomic mass is 10.1. The summed E-state index contributed by atoms with van der Waals surface area (Å²) in [5.41, 5.74) is 0.795. The lowest BCUT2D eigenvalue weighted by molar-refractivity contribution is 0.279. The lowest BCUT2D eigenvalue weighted by Crippen LogP contribution is -1.84. The van der Waals surface area contributed by atoms with Crippen LogP contribution in [0.2, 0.25) is 0 Å². The average molecular weight is 221 g/mol. The Hall–Kier alpha value is -1.02. The maximum absolute atomic E-state index is 9.03. The van der Waals surface area contributed by atoms with Crippen LogP contribution < -0.4 is 0 Å². The van der Waals surface area contributed by atoms with Crippen molar-refractivity contribution in [2.45, 2.75) is 11.5 Å². The van der Waals surface area contributed by atoms with E-state index in [0.29, 0.717) is 4.88 Å². The minimum absolute atomic E-state index is 0.0213. The molecule has 0 amide bonds. The van der Waals surface area contributed by atoms with Crippen LogP contribution in [0.4, 0.5) is 0 Å². The maximum Gasteiger partial charge on any atom is 0.110 e. The van der Waals surface area contributed by atoms with Gasteiger partial charge in [0.05, 0.1) is 6.61 Å². The molecule has 0 aliphatic heterocycles. The summed E-state index contributed by atoms with van der Waals surface area (Å²) in [6, 6.07) is 7.65. The smallest absolute Gasteiger partial charge is 0.110 e. The summed E-state index contributed by atoms with van der Waals surface area (Å²) < 4.78 is 1.03. The predicted octanol–water partition coefficient (Wildman–Crippen LogP) is 2.55. The SMILES string of the molecule is N#Cc1cc2c(S)c(CO)ccc2s1. The number of aliphatic hydroxyl groups is 1. The third kappa shape index (κ3) is 1.40. The Morgan fingerprint density at radius 1 is 1.50 bits per heavy atom. The zero-order chi connectivity index (χ0) is 10.1. The van der Waals surface area contributed by atoms with Crippen LogP contribution in [0.5, 0.6) is 0 Å². The highest BCUT2D eigenvalue weighted by Gasteiger charge is 2.07. The molecule has 14 heavy (non-hydrogen) atoms. The minimum atomic E-state index is -0.0213. The van der Waals surface area contributed by atoms with Gasteiger partial charge in [-0.15, -0.1) is 24.0 Å². The monoisotopic (exact) mass is 221 g/mol. The molecule has 1 heterocycles. The van der Waals surface area contributed by atoms with Crippen LogP contribution in [0.25, 0.3) is 10.1 Å². The number of fused-ring (bicyclic) bond motifs is 1. The van der Waals surface area contributed by atoms with Gasteiger partial charge in [-0.05, 0) is 17.7 Å². The second-order valence-corrected chi connectivity index (χ2v) is 4.40. The van der Waals surface area contributed by atoms with Gasteiger partial charge in [0.15, 0.2) is 0 Å². The Bertz CT molecular complexity index is 525. The predicted molar refractivity (Wildman–Crippen MR) is 59.7 cm³/mol. The Morgan fingerprint density at radius 2 is 2.29 bits per heavy atom. The highest BCUT2D eigenvalue weighted by Crippen LogP contribution is 2.32. The van der Waals surface area contributed by atoms with Crippen molar-refractivity contribution in [1.82, 2.24) is 0 Å². The van der Waals surface area contributed by atoms with E-state index in [1.165, 1.54) is 11.3 Å². The molecule has 2 aromatic rings. The van der Waals surface area contributed by atoms with Crippen molar-refractivity contribution in [2.24, 2.45) is 0 Å². The van der Waals surface area contributed by atoms with Gasteiger partial charge in [0.25, 0.3) is 0 Å². The quantitative estimate of drug-likeness (QED) is 0.727. The molecule has 0 atom stereocenters. The molecule has 0 bridgehead atoms. The van der Waals surface area contributed by atoms with Crippen LogP contribution in [0.1, 0.15) is 10.4 Å². The fraction of sp³-hybridized carbons (Fsp3) is 0.100. The molecule has 4 heteroatoms. The van der Waals surface area contributed by atoms with Crippen LogP contribution in [0.3, 0.4) is 0 Å². The summed E-state index contributed by atoms with van der Waals surface area (Å²) in [6.45, 7) is -0.0213. The van der Waals surface area contributed by atoms with E-state index in [0.717, 1.165) is 20.5 Å². The Morgan fingerprint density at radius 3 is 2.93 bits per heavy atom. The van der Waals surface area contributed by atoms with Gasteiger partial charge >= 0.3 is 0 Å². The first-order chi connectivity index (χ1) is 6.76. The molecule has 0 saturated heterocycles. The van der Waals surface area contributed by atoms with Crippen LogP contribution >= 0.6 is 24.0 Å². The molecule has 0 aliphatic carbocycles. The van der Waals surface area contributed by atoms with Gasteiger partial charge in [-0.2, -0.15) is 5.26 Å². The molecule has 2 nitrogen and oxygen atoms in total. The van der Waals surface area contributed by atoms with E-state index in [2.05, 4.69) is 18.7 Å². The number of hydrogen-bond acceptors (Lipinski definition) is 4. The average Bonchev–Trinajstić information content (AvgIpc) is 2.62. The molecule has 0 radical (unpaired) electrons. The summed E-state index contributed by atoms with van der Waals surface area (Å²) in [5, 5.41) is 18.7. The molecule has 0 unspecified atom stereocenters. The van der Waals surface area contributed by atoms with Crippen molar-refractivity contribution in [2.75, 3.05) is 0 Å². The van der Waals surface area contributed by atoms with Crippen LogP contribution in [-0.2, 0) is 6.61 Å². The van der Waals surface area contributed by atoms with Gasteiger partial charge in [-0.25, -0.2) is 0 Å². The van der Waals surface area contributed by atoms with Crippen molar-refractivity contribution in [1.29, 1.82) is 5.26 Å². The largest absolute Gasteiger partial charge is 0.392 e. The highest BCUT2D eigenvalue weighted by atomic mass is 32.1. The molecular formula is C10H7NOS2. The summed E-state index contributed by atoms with van der Waals surface area (Å²) in [6.07, 6.45) is 0. The second-order valence-electron chi connectivity index (χ2n) is 2.87. The Labute approximate surface area is 90.8 Å². The van der Waals surface area contributed by atoms with Crippen LogP contribution in [0, 0.1) is 11.3 Å². The topological polar surface area (TPSA) is 44.0 Å². The van der Waals surface area contributed by atoms with Crippen molar-refractivity contribution < 1.29 is 5.11 Å². The third-order valence-electron chi connectivity index (χ3n) is 2.04. The zero-order valence-corrected chi connectivity index (χ0v) is 8.90. The van der Waals surface area contributed by atoms with E-state index < -0.39 is 0 Å². The van der Waals surface area contributed by atoms with Gasteiger partial charge in [-0.3, -0.25) is 0 Å². The molecule has 1 aromatic heterocycles. The van der Waals surface area contributed by atoms with Crippen LogP contribution in [0.15, 0.2) is 23.1 Å². The molecule has 1 aromatic carbocycles. The Kier molecular flexibility index (Phi) is 2.46. The van der Waals surface area contributed by atoms with Crippen molar-refractivity contribution in [3.63, 3.8) is 0 Å².